The van der Waals surface area contributed by atoms with Crippen LogP contribution < -0.4 is 0 Å². The Balaban J connectivity index is 2.20. The van der Waals surface area contributed by atoms with Crippen molar-refractivity contribution in [3.8, 4) is 0 Å². The molecule has 0 unspecified atom stereocenters. The predicted octanol–water partition coefficient (Wildman–Crippen LogP) is 3.49. The van der Waals surface area contributed by atoms with Gasteiger partial charge >= 0.3 is 0 Å². The molecular formula is C11H15NOS3. The second-order valence-electron chi connectivity index (χ2n) is 3.81. The Morgan fingerprint density at radius 1 is 1.50 bits per heavy atom. The Bertz CT molecular complexity index is 335. The molecule has 2 nitrogen and oxygen atoms in total. The fourth-order valence-corrected chi connectivity index (χ4v) is 2.92. The lowest BCUT2D eigenvalue weighted by Gasteiger charge is -2.14. The fourth-order valence-electron chi connectivity index (χ4n) is 0.939. The third-order valence-corrected chi connectivity index (χ3v) is 4.39. The number of carbonyl (C=O) groups excluding carboxylic acids is 1. The molecule has 0 atom stereocenters. The first-order valence-corrected chi connectivity index (χ1v) is 7.73. The third-order valence-electron chi connectivity index (χ3n) is 1.88. The van der Waals surface area contributed by atoms with Crippen molar-refractivity contribution in [1.82, 2.24) is 4.98 Å². The first kappa shape index (κ1) is 13.9. The van der Waals surface area contributed by atoms with E-state index in [1.165, 1.54) is 0 Å². The zero-order valence-electron chi connectivity index (χ0n) is 9.34. The first-order chi connectivity index (χ1) is 7.50. The number of carbonyl (C=O) groups is 1. The van der Waals surface area contributed by atoms with Gasteiger partial charge in [-0.05, 0) is 36.8 Å². The molecule has 16 heavy (non-hydrogen) atoms. The number of Topliss-reactive ketones (excluding diaryl/α,β-unsaturated/α-hetero) is 1. The van der Waals surface area contributed by atoms with Crippen LogP contribution in [0.3, 0.4) is 0 Å². The van der Waals surface area contributed by atoms with Crippen molar-refractivity contribution in [2.24, 2.45) is 0 Å². The predicted molar refractivity (Wildman–Crippen MR) is 75.2 cm³/mol. The second-order valence-corrected chi connectivity index (χ2v) is 7.36. The van der Waals surface area contributed by atoms with Crippen molar-refractivity contribution in [3.63, 3.8) is 0 Å². The highest BCUT2D eigenvalue weighted by Crippen LogP contribution is 2.30. The largest absolute Gasteiger partial charge is 0.298 e. The average Bonchev–Trinajstić information content (AvgIpc) is 2.24. The van der Waals surface area contributed by atoms with Crippen LogP contribution in [-0.2, 0) is 4.79 Å². The van der Waals surface area contributed by atoms with Crippen molar-refractivity contribution in [2.45, 2.75) is 30.0 Å². The molecule has 0 saturated heterocycles. The van der Waals surface area contributed by atoms with Gasteiger partial charge in [0.15, 0.2) is 0 Å². The average molecular weight is 273 g/mol. The van der Waals surface area contributed by atoms with E-state index < -0.39 is 4.75 Å². The van der Waals surface area contributed by atoms with Crippen molar-refractivity contribution in [3.05, 3.63) is 24.4 Å². The normalized spacial score (nSPS) is 11.4. The Morgan fingerprint density at radius 3 is 2.81 bits per heavy atom. The number of nitrogens with zero attached hydrogens (tertiary/aromatic N) is 1. The lowest BCUT2D eigenvalue weighted by atomic mass is 10.1. The van der Waals surface area contributed by atoms with Crippen LogP contribution in [0.4, 0.5) is 0 Å². The number of rotatable bonds is 6. The monoisotopic (exact) mass is 273 g/mol. The molecule has 0 saturated carbocycles. The van der Waals surface area contributed by atoms with Gasteiger partial charge in [-0.3, -0.25) is 4.79 Å². The number of ketones is 1. The Morgan fingerprint density at radius 2 is 2.25 bits per heavy atom. The van der Waals surface area contributed by atoms with Crippen LogP contribution >= 0.6 is 34.2 Å². The maximum absolute atomic E-state index is 11.6. The number of hydrogen-bond donors (Lipinski definition) is 1. The highest BCUT2D eigenvalue weighted by atomic mass is 33.1. The molecule has 1 rings (SSSR count). The summed E-state index contributed by atoms with van der Waals surface area (Å²) >= 11 is 4.24. The van der Waals surface area contributed by atoms with E-state index in [2.05, 4.69) is 17.6 Å². The van der Waals surface area contributed by atoms with E-state index in [1.807, 2.05) is 32.0 Å². The zero-order valence-corrected chi connectivity index (χ0v) is 11.9. The highest BCUT2D eigenvalue weighted by molar-refractivity contribution is 8.76. The minimum Gasteiger partial charge on any atom is -0.298 e. The third kappa shape index (κ3) is 5.27. The molecule has 5 heteroatoms. The summed E-state index contributed by atoms with van der Waals surface area (Å²) in [7, 11) is 3.25. The molecule has 0 N–H and O–H groups in total. The van der Waals surface area contributed by atoms with Crippen LogP contribution in [0.2, 0.25) is 0 Å². The zero-order chi connectivity index (χ0) is 12.0. The van der Waals surface area contributed by atoms with Crippen molar-refractivity contribution in [1.29, 1.82) is 0 Å². The van der Waals surface area contributed by atoms with Gasteiger partial charge in [-0.25, -0.2) is 4.98 Å². The van der Waals surface area contributed by atoms with Gasteiger partial charge in [0.25, 0.3) is 0 Å². The number of thiol groups is 1. The molecule has 1 aromatic rings. The summed E-state index contributed by atoms with van der Waals surface area (Å²) in [6.45, 7) is 3.66. The Labute approximate surface area is 110 Å². The topological polar surface area (TPSA) is 30.0 Å². The second kappa shape index (κ2) is 6.57. The van der Waals surface area contributed by atoms with Crippen LogP contribution in [0.1, 0.15) is 20.3 Å². The summed E-state index contributed by atoms with van der Waals surface area (Å²) in [6, 6.07) is 5.81. The van der Waals surface area contributed by atoms with Gasteiger partial charge in [0.1, 0.15) is 10.8 Å². The summed E-state index contributed by atoms with van der Waals surface area (Å²) in [6.07, 6.45) is 2.33. The van der Waals surface area contributed by atoms with Crippen LogP contribution in [0, 0.1) is 0 Å². The van der Waals surface area contributed by atoms with Crippen LogP contribution in [-0.4, -0.2) is 21.3 Å². The molecule has 0 aliphatic carbocycles. The van der Waals surface area contributed by atoms with E-state index in [0.29, 0.717) is 6.42 Å². The molecule has 0 bridgehead atoms. The molecule has 0 radical (unpaired) electrons. The van der Waals surface area contributed by atoms with Gasteiger partial charge in [0.05, 0.1) is 4.75 Å². The molecule has 1 heterocycles. The van der Waals surface area contributed by atoms with E-state index in [-0.39, 0.29) is 5.78 Å². The molecule has 88 valence electrons. The summed E-state index contributed by atoms with van der Waals surface area (Å²) in [5.74, 6) is 0.981. The molecule has 0 aromatic carbocycles. The molecule has 0 amide bonds. The maximum Gasteiger partial charge on any atom is 0.148 e. The molecule has 0 fully saturated rings. The Hall–Kier alpha value is -0.130. The van der Waals surface area contributed by atoms with Gasteiger partial charge in [-0.1, -0.05) is 16.9 Å². The van der Waals surface area contributed by atoms with Gasteiger partial charge in [-0.2, -0.15) is 12.6 Å². The summed E-state index contributed by atoms with van der Waals surface area (Å²) in [5.41, 5.74) is 0. The van der Waals surface area contributed by atoms with Crippen molar-refractivity contribution in [2.75, 3.05) is 5.75 Å². The summed E-state index contributed by atoms with van der Waals surface area (Å²) < 4.78 is -0.518. The molecule has 0 aliphatic rings. The van der Waals surface area contributed by atoms with E-state index in [0.717, 1.165) is 10.8 Å². The van der Waals surface area contributed by atoms with E-state index in [1.54, 1.807) is 27.8 Å². The van der Waals surface area contributed by atoms with E-state index in [4.69, 9.17) is 0 Å². The maximum atomic E-state index is 11.6. The molecular weight excluding hydrogens is 258 g/mol. The minimum absolute atomic E-state index is 0.185. The van der Waals surface area contributed by atoms with Gasteiger partial charge in [0, 0.05) is 18.4 Å². The number of aromatic nitrogens is 1. The quantitative estimate of drug-likeness (QED) is 0.488. The van der Waals surface area contributed by atoms with Crippen LogP contribution in [0.15, 0.2) is 29.4 Å². The molecule has 1 aromatic heterocycles. The first-order valence-electron chi connectivity index (χ1n) is 4.96. The van der Waals surface area contributed by atoms with Crippen molar-refractivity contribution >= 4 is 40.0 Å². The molecule has 0 spiro atoms. The molecule has 0 aliphatic heterocycles. The smallest absolute Gasteiger partial charge is 0.148 e. The van der Waals surface area contributed by atoms with Crippen LogP contribution in [0.5, 0.6) is 0 Å². The van der Waals surface area contributed by atoms with Crippen LogP contribution in [0.25, 0.3) is 0 Å². The van der Waals surface area contributed by atoms with Gasteiger partial charge in [-0.15, -0.1) is 0 Å². The van der Waals surface area contributed by atoms with Gasteiger partial charge in [0.2, 0.25) is 0 Å². The number of pyridine rings is 1. The van der Waals surface area contributed by atoms with Gasteiger partial charge < -0.3 is 0 Å². The van der Waals surface area contributed by atoms with E-state index >= 15 is 0 Å². The summed E-state index contributed by atoms with van der Waals surface area (Å²) in [5, 5.41) is 0.977. The minimum atomic E-state index is -0.518. The lowest BCUT2D eigenvalue weighted by Crippen LogP contribution is -2.24. The number of hydrogen-bond acceptors (Lipinski definition) is 5. The Kier molecular flexibility index (Phi) is 5.72. The fraction of sp³-hybridized carbons (Fsp3) is 0.455. The standard InChI is InChI=1S/C11H15NOS3/c1-11(2,14)9(13)6-8-15-16-10-5-3-4-7-12-10/h3-5,7,14H,6,8H2,1-2H3. The SMILES string of the molecule is CC(C)(S)C(=O)CCSSc1ccccn1. The highest BCUT2D eigenvalue weighted by Gasteiger charge is 2.21. The summed E-state index contributed by atoms with van der Waals surface area (Å²) in [4.78, 5) is 15.7. The van der Waals surface area contributed by atoms with Crippen molar-refractivity contribution < 1.29 is 4.79 Å². The van der Waals surface area contributed by atoms with E-state index in [9.17, 15) is 4.79 Å². The lowest BCUT2D eigenvalue weighted by molar-refractivity contribution is -0.120.